The van der Waals surface area contributed by atoms with Crippen molar-refractivity contribution in [3.63, 3.8) is 0 Å². The van der Waals surface area contributed by atoms with Crippen molar-refractivity contribution in [3.05, 3.63) is 34.2 Å². The van der Waals surface area contributed by atoms with Crippen molar-refractivity contribution in [1.82, 2.24) is 15.2 Å². The van der Waals surface area contributed by atoms with Crippen LogP contribution in [0.15, 0.2) is 23.7 Å². The lowest BCUT2D eigenvalue weighted by Gasteiger charge is -2.14. The lowest BCUT2D eigenvalue weighted by atomic mass is 10.0. The van der Waals surface area contributed by atoms with Crippen molar-refractivity contribution in [1.29, 1.82) is 0 Å². The fourth-order valence-corrected chi connectivity index (χ4v) is 2.53. The van der Waals surface area contributed by atoms with Gasteiger partial charge in [0.2, 0.25) is 0 Å². The Bertz CT molecular complexity index is 462. The Morgan fingerprint density at radius 2 is 2.41 bits per heavy atom. The van der Waals surface area contributed by atoms with E-state index in [0.29, 0.717) is 5.82 Å². The Hall–Kier alpha value is -1.37. The van der Waals surface area contributed by atoms with Crippen LogP contribution >= 0.6 is 11.3 Å². The number of nitrogens with one attached hydrogen (secondary N) is 1. The number of anilines is 1. The van der Waals surface area contributed by atoms with Gasteiger partial charge in [-0.15, -0.1) is 11.3 Å². The first-order chi connectivity index (χ1) is 8.22. The van der Waals surface area contributed by atoms with Crippen LogP contribution in [0, 0.1) is 0 Å². The second-order valence-corrected chi connectivity index (χ2v) is 4.98. The molecule has 1 unspecified atom stereocenters. The van der Waals surface area contributed by atoms with E-state index in [0.717, 1.165) is 18.4 Å². The third-order valence-corrected chi connectivity index (χ3v) is 3.79. The van der Waals surface area contributed by atoms with E-state index in [2.05, 4.69) is 28.0 Å². The molecular formula is C11H17N5S. The third kappa shape index (κ3) is 2.66. The van der Waals surface area contributed by atoms with Crippen molar-refractivity contribution < 1.29 is 0 Å². The summed E-state index contributed by atoms with van der Waals surface area (Å²) in [5.74, 6) is 6.25. The number of nitrogen functional groups attached to an aromatic ring is 1. The number of hydrazine groups is 1. The maximum Gasteiger partial charge on any atom is 0.126 e. The predicted octanol–water partition coefficient (Wildman–Crippen LogP) is 1.20. The third-order valence-electron chi connectivity index (χ3n) is 2.85. The number of nitrogens with two attached hydrogens (primary N) is 2. The van der Waals surface area contributed by atoms with E-state index in [1.807, 2.05) is 7.05 Å². The lowest BCUT2D eigenvalue weighted by Crippen LogP contribution is -2.28. The largest absolute Gasteiger partial charge is 0.384 e. The summed E-state index contributed by atoms with van der Waals surface area (Å²) in [5, 5.41) is 6.21. The SMILES string of the molecule is Cn1ncc(C(CCc2cccs2)NN)c1N. The van der Waals surface area contributed by atoms with Crippen LogP contribution in [0.2, 0.25) is 0 Å². The molecule has 0 aliphatic heterocycles. The fraction of sp³-hybridized carbons (Fsp3) is 0.364. The number of aryl methyl sites for hydroxylation is 2. The zero-order chi connectivity index (χ0) is 12.3. The quantitative estimate of drug-likeness (QED) is 0.551. The van der Waals surface area contributed by atoms with Crippen LogP contribution < -0.4 is 17.0 Å². The Morgan fingerprint density at radius 3 is 2.94 bits per heavy atom. The molecule has 0 amide bonds. The van der Waals surface area contributed by atoms with Crippen LogP contribution in [0.5, 0.6) is 0 Å². The van der Waals surface area contributed by atoms with E-state index in [1.54, 1.807) is 22.2 Å². The smallest absolute Gasteiger partial charge is 0.126 e. The number of hydrogen-bond acceptors (Lipinski definition) is 5. The molecule has 0 radical (unpaired) electrons. The number of aromatic nitrogens is 2. The predicted molar refractivity (Wildman–Crippen MR) is 70.3 cm³/mol. The minimum Gasteiger partial charge on any atom is -0.384 e. The summed E-state index contributed by atoms with van der Waals surface area (Å²) in [6, 6.07) is 4.24. The Balaban J connectivity index is 2.04. The van der Waals surface area contributed by atoms with Gasteiger partial charge >= 0.3 is 0 Å². The molecule has 0 spiro atoms. The van der Waals surface area contributed by atoms with E-state index in [4.69, 9.17) is 11.6 Å². The normalized spacial score (nSPS) is 12.8. The fourth-order valence-electron chi connectivity index (χ4n) is 1.80. The maximum absolute atomic E-state index is 5.94. The minimum absolute atomic E-state index is 0.0470. The summed E-state index contributed by atoms with van der Waals surface area (Å²) in [5.41, 5.74) is 9.71. The van der Waals surface area contributed by atoms with E-state index >= 15 is 0 Å². The molecule has 2 heterocycles. The molecule has 0 fully saturated rings. The van der Waals surface area contributed by atoms with Crippen LogP contribution in [-0.4, -0.2) is 9.78 Å². The van der Waals surface area contributed by atoms with Crippen molar-refractivity contribution in [2.24, 2.45) is 12.9 Å². The summed E-state index contributed by atoms with van der Waals surface area (Å²) >= 11 is 1.76. The molecule has 5 N–H and O–H groups in total. The van der Waals surface area contributed by atoms with Crippen molar-refractivity contribution in [2.45, 2.75) is 18.9 Å². The number of thiophene rings is 1. The summed E-state index contributed by atoms with van der Waals surface area (Å²) < 4.78 is 1.66. The zero-order valence-corrected chi connectivity index (χ0v) is 10.6. The highest BCUT2D eigenvalue weighted by atomic mass is 32.1. The van der Waals surface area contributed by atoms with Gasteiger partial charge in [-0.1, -0.05) is 6.07 Å². The highest BCUT2D eigenvalue weighted by molar-refractivity contribution is 7.09. The van der Waals surface area contributed by atoms with Gasteiger partial charge in [-0.3, -0.25) is 16.0 Å². The molecule has 0 saturated heterocycles. The number of hydrogen-bond donors (Lipinski definition) is 3. The Labute approximate surface area is 104 Å². The number of nitrogens with zero attached hydrogens (tertiary/aromatic N) is 2. The standard InChI is InChI=1S/C11H17N5S/c1-16-11(12)9(7-14-16)10(15-13)5-4-8-3-2-6-17-8/h2-3,6-7,10,15H,4-5,12-13H2,1H3. The molecule has 1 atom stereocenters. The van der Waals surface area contributed by atoms with Crippen molar-refractivity contribution >= 4 is 17.2 Å². The molecule has 0 aliphatic rings. The Kier molecular flexibility index (Phi) is 3.78. The molecule has 92 valence electrons. The topological polar surface area (TPSA) is 81.9 Å². The monoisotopic (exact) mass is 251 g/mol. The molecule has 0 aromatic carbocycles. The van der Waals surface area contributed by atoms with Crippen molar-refractivity contribution in [3.8, 4) is 0 Å². The highest BCUT2D eigenvalue weighted by Crippen LogP contribution is 2.24. The Morgan fingerprint density at radius 1 is 1.59 bits per heavy atom. The molecule has 0 saturated carbocycles. The average Bonchev–Trinajstić information content (AvgIpc) is 2.94. The highest BCUT2D eigenvalue weighted by Gasteiger charge is 2.16. The second kappa shape index (κ2) is 5.31. The van der Waals surface area contributed by atoms with Gasteiger partial charge in [-0.25, -0.2) is 0 Å². The van der Waals surface area contributed by atoms with E-state index < -0.39 is 0 Å². The van der Waals surface area contributed by atoms with E-state index in [9.17, 15) is 0 Å². The molecule has 0 aliphatic carbocycles. The molecule has 17 heavy (non-hydrogen) atoms. The second-order valence-electron chi connectivity index (χ2n) is 3.95. The van der Waals surface area contributed by atoms with Gasteiger partial charge in [0.05, 0.1) is 12.2 Å². The van der Waals surface area contributed by atoms with Gasteiger partial charge in [0.25, 0.3) is 0 Å². The summed E-state index contributed by atoms with van der Waals surface area (Å²) in [6.45, 7) is 0. The zero-order valence-electron chi connectivity index (χ0n) is 9.76. The van der Waals surface area contributed by atoms with Gasteiger partial charge in [0.1, 0.15) is 5.82 Å². The molecule has 2 rings (SSSR count). The van der Waals surface area contributed by atoms with Gasteiger partial charge < -0.3 is 5.73 Å². The van der Waals surface area contributed by atoms with Gasteiger partial charge in [0.15, 0.2) is 0 Å². The molecule has 2 aromatic rings. The van der Waals surface area contributed by atoms with Crippen LogP contribution in [-0.2, 0) is 13.5 Å². The summed E-state index contributed by atoms with van der Waals surface area (Å²) in [7, 11) is 1.83. The van der Waals surface area contributed by atoms with E-state index in [-0.39, 0.29) is 6.04 Å². The van der Waals surface area contributed by atoms with Gasteiger partial charge in [0, 0.05) is 17.5 Å². The minimum atomic E-state index is 0.0470. The maximum atomic E-state index is 5.94. The first kappa shape index (κ1) is 12.1. The lowest BCUT2D eigenvalue weighted by molar-refractivity contribution is 0.519. The first-order valence-electron chi connectivity index (χ1n) is 5.48. The van der Waals surface area contributed by atoms with Crippen LogP contribution in [0.1, 0.15) is 22.9 Å². The average molecular weight is 251 g/mol. The first-order valence-corrected chi connectivity index (χ1v) is 6.36. The van der Waals surface area contributed by atoms with Crippen molar-refractivity contribution in [2.75, 3.05) is 5.73 Å². The van der Waals surface area contributed by atoms with Gasteiger partial charge in [-0.2, -0.15) is 5.10 Å². The summed E-state index contributed by atoms with van der Waals surface area (Å²) in [6.07, 6.45) is 3.67. The molecule has 0 bridgehead atoms. The molecule has 5 nitrogen and oxygen atoms in total. The van der Waals surface area contributed by atoms with Crippen LogP contribution in [0.3, 0.4) is 0 Å². The van der Waals surface area contributed by atoms with Crippen LogP contribution in [0.25, 0.3) is 0 Å². The molecular weight excluding hydrogens is 234 g/mol. The van der Waals surface area contributed by atoms with Gasteiger partial charge in [-0.05, 0) is 24.3 Å². The van der Waals surface area contributed by atoms with E-state index in [1.165, 1.54) is 4.88 Å². The molecule has 2 aromatic heterocycles. The van der Waals surface area contributed by atoms with Crippen LogP contribution in [0.4, 0.5) is 5.82 Å². The summed E-state index contributed by atoms with van der Waals surface area (Å²) in [4.78, 5) is 1.35. The number of rotatable bonds is 5. The molecule has 6 heteroatoms.